The van der Waals surface area contributed by atoms with Crippen LogP contribution < -0.4 is 10.9 Å². The number of fused-ring (bicyclic) bond motifs is 3. The summed E-state index contributed by atoms with van der Waals surface area (Å²) >= 11 is 1.42. The molecule has 1 aromatic carbocycles. The first kappa shape index (κ1) is 14.6. The van der Waals surface area contributed by atoms with Gasteiger partial charge < -0.3 is 5.32 Å². The molecular formula is C19H16N4OS. The Hall–Kier alpha value is -2.73. The van der Waals surface area contributed by atoms with Gasteiger partial charge in [0.15, 0.2) is 0 Å². The molecule has 0 radical (unpaired) electrons. The summed E-state index contributed by atoms with van der Waals surface area (Å²) in [7, 11) is 0. The molecule has 1 saturated carbocycles. The average Bonchev–Trinajstić information content (AvgIpc) is 3.35. The number of rotatable bonds is 3. The average molecular weight is 348 g/mol. The van der Waals surface area contributed by atoms with Gasteiger partial charge >= 0.3 is 0 Å². The highest BCUT2D eigenvalue weighted by Gasteiger charge is 2.24. The normalized spacial score (nSPS) is 14.3. The molecule has 0 spiro atoms. The number of anilines is 1. The summed E-state index contributed by atoms with van der Waals surface area (Å²) in [6, 6.07) is 12.2. The van der Waals surface area contributed by atoms with Crippen LogP contribution in [-0.4, -0.2) is 20.6 Å². The van der Waals surface area contributed by atoms with Crippen molar-refractivity contribution < 1.29 is 0 Å². The maximum Gasteiger partial charge on any atom is 0.276 e. The minimum absolute atomic E-state index is 0.0333. The van der Waals surface area contributed by atoms with Gasteiger partial charge in [0.2, 0.25) is 0 Å². The van der Waals surface area contributed by atoms with Crippen LogP contribution in [0, 0.1) is 6.92 Å². The lowest BCUT2D eigenvalue weighted by atomic mass is 10.2. The van der Waals surface area contributed by atoms with Crippen molar-refractivity contribution in [3.05, 3.63) is 58.8 Å². The van der Waals surface area contributed by atoms with Crippen LogP contribution in [-0.2, 0) is 0 Å². The number of hydrogen-bond acceptors (Lipinski definition) is 5. The zero-order valence-corrected chi connectivity index (χ0v) is 14.5. The Labute approximate surface area is 148 Å². The van der Waals surface area contributed by atoms with Gasteiger partial charge in [-0.05, 0) is 38.0 Å². The summed E-state index contributed by atoms with van der Waals surface area (Å²) in [5.74, 6) is 0.685. The molecule has 4 aromatic rings. The van der Waals surface area contributed by atoms with Crippen molar-refractivity contribution in [1.29, 1.82) is 0 Å². The van der Waals surface area contributed by atoms with Crippen LogP contribution in [0.25, 0.3) is 26.1 Å². The fraction of sp³-hybridized carbons (Fsp3) is 0.211. The first-order chi connectivity index (χ1) is 12.2. The second kappa shape index (κ2) is 5.39. The van der Waals surface area contributed by atoms with Gasteiger partial charge in [-0.2, -0.15) is 0 Å². The molecule has 1 aliphatic carbocycles. The Morgan fingerprint density at radius 1 is 1.20 bits per heavy atom. The third-order valence-corrected chi connectivity index (χ3v) is 5.59. The maximum atomic E-state index is 13.2. The first-order valence-corrected chi connectivity index (χ1v) is 9.17. The van der Waals surface area contributed by atoms with E-state index in [9.17, 15) is 4.79 Å². The van der Waals surface area contributed by atoms with Crippen LogP contribution in [0.1, 0.15) is 18.7 Å². The number of nitrogens with one attached hydrogen (secondary N) is 1. The number of aryl methyl sites for hydroxylation is 1. The lowest BCUT2D eigenvalue weighted by Crippen LogP contribution is -2.21. The van der Waals surface area contributed by atoms with Crippen LogP contribution >= 0.6 is 11.3 Å². The molecule has 1 N–H and O–H groups in total. The van der Waals surface area contributed by atoms with E-state index < -0.39 is 0 Å². The lowest BCUT2D eigenvalue weighted by molar-refractivity contribution is 0.898. The van der Waals surface area contributed by atoms with Crippen molar-refractivity contribution in [2.45, 2.75) is 25.8 Å². The van der Waals surface area contributed by atoms with Crippen molar-refractivity contribution in [1.82, 2.24) is 14.5 Å². The van der Waals surface area contributed by atoms with Gasteiger partial charge in [0, 0.05) is 17.9 Å². The van der Waals surface area contributed by atoms with E-state index in [0.29, 0.717) is 16.6 Å². The van der Waals surface area contributed by atoms with Crippen LogP contribution in [0.2, 0.25) is 0 Å². The Bertz CT molecular complexity index is 1160. The molecule has 0 unspecified atom stereocenters. The van der Waals surface area contributed by atoms with Gasteiger partial charge in [-0.3, -0.25) is 9.36 Å². The number of pyridine rings is 1. The highest BCUT2D eigenvalue weighted by atomic mass is 32.1. The second-order valence-corrected chi connectivity index (χ2v) is 7.37. The second-order valence-electron chi connectivity index (χ2n) is 6.37. The van der Waals surface area contributed by atoms with E-state index in [1.165, 1.54) is 24.2 Å². The molecule has 3 aromatic heterocycles. The van der Waals surface area contributed by atoms with Crippen molar-refractivity contribution in [3.63, 3.8) is 0 Å². The van der Waals surface area contributed by atoms with Crippen LogP contribution in [0.3, 0.4) is 0 Å². The zero-order chi connectivity index (χ0) is 17.0. The van der Waals surface area contributed by atoms with Gasteiger partial charge in [0.1, 0.15) is 20.9 Å². The predicted molar refractivity (Wildman–Crippen MR) is 102 cm³/mol. The molecule has 5 rings (SSSR count). The molecule has 5 nitrogen and oxygen atoms in total. The fourth-order valence-electron chi connectivity index (χ4n) is 3.17. The lowest BCUT2D eigenvalue weighted by Gasteiger charge is -2.10. The SMILES string of the molecule is Cc1nc2c(sc3nccc(NC4CC4)c32)c(=O)n1-c1ccccc1. The van der Waals surface area contributed by atoms with Crippen LogP contribution in [0.4, 0.5) is 5.69 Å². The number of para-hydroxylation sites is 1. The van der Waals surface area contributed by atoms with Gasteiger partial charge in [-0.15, -0.1) is 11.3 Å². The fourth-order valence-corrected chi connectivity index (χ4v) is 4.21. The van der Waals surface area contributed by atoms with Crippen molar-refractivity contribution in [3.8, 4) is 5.69 Å². The zero-order valence-electron chi connectivity index (χ0n) is 13.7. The molecule has 0 amide bonds. The molecule has 25 heavy (non-hydrogen) atoms. The molecule has 0 aliphatic heterocycles. The van der Waals surface area contributed by atoms with E-state index in [1.807, 2.05) is 43.3 Å². The summed E-state index contributed by atoms with van der Waals surface area (Å²) in [6.45, 7) is 1.88. The summed E-state index contributed by atoms with van der Waals surface area (Å²) in [6.07, 6.45) is 4.18. The monoisotopic (exact) mass is 348 g/mol. The molecular weight excluding hydrogens is 332 g/mol. The third-order valence-electron chi connectivity index (χ3n) is 4.51. The summed E-state index contributed by atoms with van der Waals surface area (Å²) < 4.78 is 2.33. The minimum Gasteiger partial charge on any atom is -0.382 e. The number of nitrogens with zero attached hydrogens (tertiary/aromatic N) is 3. The van der Waals surface area contributed by atoms with E-state index in [1.54, 1.807) is 10.8 Å². The summed E-state index contributed by atoms with van der Waals surface area (Å²) in [5, 5.41) is 4.51. The largest absolute Gasteiger partial charge is 0.382 e. The van der Waals surface area contributed by atoms with E-state index >= 15 is 0 Å². The first-order valence-electron chi connectivity index (χ1n) is 8.35. The molecule has 6 heteroatoms. The number of aromatic nitrogens is 3. The van der Waals surface area contributed by atoms with Crippen molar-refractivity contribution >= 4 is 37.5 Å². The van der Waals surface area contributed by atoms with E-state index in [4.69, 9.17) is 4.98 Å². The molecule has 1 fully saturated rings. The van der Waals surface area contributed by atoms with E-state index in [-0.39, 0.29) is 5.56 Å². The van der Waals surface area contributed by atoms with Gasteiger partial charge in [0.05, 0.1) is 11.1 Å². The summed E-state index contributed by atoms with van der Waals surface area (Å²) in [4.78, 5) is 23.3. The Balaban J connectivity index is 1.82. The van der Waals surface area contributed by atoms with E-state index in [0.717, 1.165) is 27.1 Å². The standard InChI is InChI=1S/C19H16N4OS/c1-11-21-16-15-14(22-12-7-8-12)9-10-20-18(15)25-17(16)19(24)23(11)13-5-3-2-4-6-13/h2-6,9-10,12H,7-8H2,1H3,(H,20,22). The van der Waals surface area contributed by atoms with E-state index in [2.05, 4.69) is 10.3 Å². The predicted octanol–water partition coefficient (Wildman–Crippen LogP) is 3.88. The van der Waals surface area contributed by atoms with Crippen LogP contribution in [0.5, 0.6) is 0 Å². The molecule has 124 valence electrons. The highest BCUT2D eigenvalue weighted by molar-refractivity contribution is 7.25. The third kappa shape index (κ3) is 2.33. The Kier molecular flexibility index (Phi) is 3.15. The molecule has 0 atom stereocenters. The molecule has 0 bridgehead atoms. The Morgan fingerprint density at radius 3 is 2.76 bits per heavy atom. The van der Waals surface area contributed by atoms with Gasteiger partial charge in [-0.1, -0.05) is 18.2 Å². The van der Waals surface area contributed by atoms with Gasteiger partial charge in [0.25, 0.3) is 5.56 Å². The number of hydrogen-bond donors (Lipinski definition) is 1. The summed E-state index contributed by atoms with van der Waals surface area (Å²) in [5.41, 5.74) is 2.59. The van der Waals surface area contributed by atoms with Crippen molar-refractivity contribution in [2.75, 3.05) is 5.32 Å². The minimum atomic E-state index is -0.0333. The maximum absolute atomic E-state index is 13.2. The molecule has 0 saturated heterocycles. The number of benzene rings is 1. The van der Waals surface area contributed by atoms with Crippen LogP contribution in [0.15, 0.2) is 47.4 Å². The smallest absolute Gasteiger partial charge is 0.276 e. The Morgan fingerprint density at radius 2 is 2.00 bits per heavy atom. The topological polar surface area (TPSA) is 59.8 Å². The quantitative estimate of drug-likeness (QED) is 0.610. The van der Waals surface area contributed by atoms with Crippen molar-refractivity contribution in [2.24, 2.45) is 0 Å². The number of thiophene rings is 1. The van der Waals surface area contributed by atoms with Gasteiger partial charge in [-0.25, -0.2) is 9.97 Å². The molecule has 3 heterocycles. The molecule has 1 aliphatic rings. The highest BCUT2D eigenvalue weighted by Crippen LogP contribution is 2.36.